The van der Waals surface area contributed by atoms with Crippen LogP contribution in [-0.2, 0) is 17.3 Å². The van der Waals surface area contributed by atoms with Crippen molar-refractivity contribution in [1.82, 2.24) is 18.1 Å². The van der Waals surface area contributed by atoms with Gasteiger partial charge in [-0.15, -0.1) is 0 Å². The molecule has 9 heteroatoms. The number of aryl methyl sites for hydroxylation is 1. The molecule has 4 rings (SSSR count). The van der Waals surface area contributed by atoms with Gasteiger partial charge in [0.1, 0.15) is 0 Å². The number of piperazine rings is 1. The zero-order valence-corrected chi connectivity index (χ0v) is 19.0. The molecule has 1 saturated heterocycles. The van der Waals surface area contributed by atoms with Crippen molar-refractivity contribution in [3.8, 4) is 0 Å². The van der Waals surface area contributed by atoms with Gasteiger partial charge >= 0.3 is 0 Å². The summed E-state index contributed by atoms with van der Waals surface area (Å²) in [6.45, 7) is 1.13. The third-order valence-electron chi connectivity index (χ3n) is 6.69. The van der Waals surface area contributed by atoms with Gasteiger partial charge < -0.3 is 9.47 Å². The summed E-state index contributed by atoms with van der Waals surface area (Å²) in [7, 11) is -0.186. The van der Waals surface area contributed by atoms with Crippen LogP contribution >= 0.6 is 0 Å². The number of carbonyl (C=O) groups excluding carboxylic acids is 1. The lowest BCUT2D eigenvalue weighted by molar-refractivity contribution is 0.0694. The SMILES string of the molecule is CN(C1CCCCC1)S(=O)(=O)N1CCN(C(=O)c2cc(=O)n(C)c3ccccc23)CC1. The molecule has 2 fully saturated rings. The zero-order chi connectivity index (χ0) is 22.2. The average molecular weight is 447 g/mol. The van der Waals surface area contributed by atoms with Crippen LogP contribution in [-0.4, -0.2) is 71.7 Å². The molecule has 0 spiro atoms. The van der Waals surface area contributed by atoms with E-state index in [1.165, 1.54) is 25.7 Å². The molecular weight excluding hydrogens is 416 g/mol. The van der Waals surface area contributed by atoms with Gasteiger partial charge in [0.2, 0.25) is 0 Å². The molecule has 31 heavy (non-hydrogen) atoms. The number of rotatable bonds is 4. The summed E-state index contributed by atoms with van der Waals surface area (Å²) in [5, 5.41) is 0.724. The third-order valence-corrected chi connectivity index (χ3v) is 8.73. The van der Waals surface area contributed by atoms with Crippen molar-refractivity contribution in [2.75, 3.05) is 33.2 Å². The van der Waals surface area contributed by atoms with Crippen molar-refractivity contribution in [3.63, 3.8) is 0 Å². The van der Waals surface area contributed by atoms with Crippen LogP contribution in [0.5, 0.6) is 0 Å². The Morgan fingerprint density at radius 1 is 1.03 bits per heavy atom. The predicted molar refractivity (Wildman–Crippen MR) is 120 cm³/mol. The monoisotopic (exact) mass is 446 g/mol. The molecule has 2 aliphatic rings. The molecule has 0 atom stereocenters. The lowest BCUT2D eigenvalue weighted by Crippen LogP contribution is -2.55. The van der Waals surface area contributed by atoms with E-state index in [2.05, 4.69) is 0 Å². The summed E-state index contributed by atoms with van der Waals surface area (Å²) in [6.07, 6.45) is 5.12. The number of carbonyl (C=O) groups is 1. The van der Waals surface area contributed by atoms with Gasteiger partial charge in [0.05, 0.1) is 11.1 Å². The van der Waals surface area contributed by atoms with Gasteiger partial charge in [0.15, 0.2) is 0 Å². The first-order chi connectivity index (χ1) is 14.8. The highest BCUT2D eigenvalue weighted by Crippen LogP contribution is 2.25. The van der Waals surface area contributed by atoms with Crippen LogP contribution in [0.15, 0.2) is 35.1 Å². The Labute approximate surface area is 183 Å². The smallest absolute Gasteiger partial charge is 0.282 e. The van der Waals surface area contributed by atoms with Crippen LogP contribution in [0.25, 0.3) is 10.9 Å². The summed E-state index contributed by atoms with van der Waals surface area (Å²) < 4.78 is 30.7. The van der Waals surface area contributed by atoms with Gasteiger partial charge in [-0.3, -0.25) is 9.59 Å². The Morgan fingerprint density at radius 3 is 2.35 bits per heavy atom. The van der Waals surface area contributed by atoms with Crippen molar-refractivity contribution in [3.05, 3.63) is 46.2 Å². The van der Waals surface area contributed by atoms with Gasteiger partial charge in [-0.05, 0) is 18.9 Å². The Kier molecular flexibility index (Phi) is 6.18. The van der Waals surface area contributed by atoms with Crippen LogP contribution in [0, 0.1) is 0 Å². The molecule has 0 radical (unpaired) electrons. The largest absolute Gasteiger partial charge is 0.336 e. The van der Waals surface area contributed by atoms with Gasteiger partial charge in [-0.1, -0.05) is 37.5 Å². The van der Waals surface area contributed by atoms with Crippen molar-refractivity contribution < 1.29 is 13.2 Å². The maximum Gasteiger partial charge on any atom is 0.282 e. The summed E-state index contributed by atoms with van der Waals surface area (Å²) in [6, 6.07) is 8.77. The van der Waals surface area contributed by atoms with Crippen LogP contribution in [0.2, 0.25) is 0 Å². The van der Waals surface area contributed by atoms with Crippen molar-refractivity contribution in [1.29, 1.82) is 0 Å². The van der Waals surface area contributed by atoms with Gasteiger partial charge in [-0.2, -0.15) is 17.0 Å². The van der Waals surface area contributed by atoms with E-state index in [0.717, 1.165) is 31.1 Å². The zero-order valence-electron chi connectivity index (χ0n) is 18.2. The molecule has 1 amide bonds. The second kappa shape index (κ2) is 8.72. The number of para-hydroxylation sites is 1. The van der Waals surface area contributed by atoms with Crippen molar-refractivity contribution in [2.24, 2.45) is 7.05 Å². The Morgan fingerprint density at radius 2 is 1.68 bits per heavy atom. The molecule has 1 saturated carbocycles. The van der Waals surface area contributed by atoms with Crippen molar-refractivity contribution >= 4 is 27.0 Å². The van der Waals surface area contributed by atoms with E-state index in [-0.39, 0.29) is 30.6 Å². The van der Waals surface area contributed by atoms with E-state index in [1.54, 1.807) is 19.0 Å². The maximum atomic E-state index is 13.2. The molecule has 1 aromatic heterocycles. The minimum atomic E-state index is -3.55. The summed E-state index contributed by atoms with van der Waals surface area (Å²) in [5.41, 5.74) is 0.834. The van der Waals surface area contributed by atoms with Crippen LogP contribution in [0.4, 0.5) is 0 Å². The Balaban J connectivity index is 1.49. The van der Waals surface area contributed by atoms with E-state index in [0.29, 0.717) is 24.2 Å². The molecule has 168 valence electrons. The fourth-order valence-electron chi connectivity index (χ4n) is 4.70. The Bertz CT molecular complexity index is 1130. The summed E-state index contributed by atoms with van der Waals surface area (Å²) >= 11 is 0. The van der Waals surface area contributed by atoms with Gasteiger partial charge in [0, 0.05) is 57.8 Å². The van der Waals surface area contributed by atoms with Crippen LogP contribution in [0.3, 0.4) is 0 Å². The standard InChI is InChI=1S/C22H30N4O4S/c1-23-20-11-7-6-10-18(20)19(16-21(23)27)22(28)25-12-14-26(15-13-25)31(29,30)24(2)17-8-4-3-5-9-17/h6-7,10-11,16-17H,3-5,8-9,12-15H2,1-2H3. The molecule has 2 heterocycles. The van der Waals surface area contributed by atoms with Crippen LogP contribution in [0.1, 0.15) is 42.5 Å². The fraction of sp³-hybridized carbons (Fsp3) is 0.545. The second-order valence-corrected chi connectivity index (χ2v) is 10.5. The molecule has 1 aliphatic carbocycles. The molecule has 0 N–H and O–H groups in total. The minimum Gasteiger partial charge on any atom is -0.336 e. The number of benzene rings is 1. The Hall–Kier alpha value is -2.23. The summed E-state index contributed by atoms with van der Waals surface area (Å²) in [4.78, 5) is 27.2. The average Bonchev–Trinajstić information content (AvgIpc) is 2.81. The number of hydrogen-bond donors (Lipinski definition) is 0. The molecule has 0 bridgehead atoms. The maximum absolute atomic E-state index is 13.2. The highest BCUT2D eigenvalue weighted by Gasteiger charge is 2.35. The number of pyridine rings is 1. The van der Waals surface area contributed by atoms with E-state index < -0.39 is 10.2 Å². The first-order valence-electron chi connectivity index (χ1n) is 10.9. The number of fused-ring (bicyclic) bond motifs is 1. The highest BCUT2D eigenvalue weighted by atomic mass is 32.2. The number of aromatic nitrogens is 1. The number of nitrogens with zero attached hydrogens (tertiary/aromatic N) is 4. The van der Waals surface area contributed by atoms with E-state index in [9.17, 15) is 18.0 Å². The molecule has 8 nitrogen and oxygen atoms in total. The van der Waals surface area contributed by atoms with Crippen LogP contribution < -0.4 is 5.56 Å². The van der Waals surface area contributed by atoms with E-state index in [4.69, 9.17) is 0 Å². The molecular formula is C22H30N4O4S. The topological polar surface area (TPSA) is 82.9 Å². The lowest BCUT2D eigenvalue weighted by atomic mass is 9.96. The molecule has 0 unspecified atom stereocenters. The lowest BCUT2D eigenvalue weighted by Gasteiger charge is -2.38. The summed E-state index contributed by atoms with van der Waals surface area (Å²) in [5.74, 6) is -0.230. The fourth-order valence-corrected chi connectivity index (χ4v) is 6.27. The van der Waals surface area contributed by atoms with Crippen molar-refractivity contribution in [2.45, 2.75) is 38.1 Å². The molecule has 1 aromatic carbocycles. The highest BCUT2D eigenvalue weighted by molar-refractivity contribution is 7.86. The number of amides is 1. The third kappa shape index (κ3) is 4.14. The van der Waals surface area contributed by atoms with E-state index in [1.807, 2.05) is 24.3 Å². The minimum absolute atomic E-state index is 0.0605. The predicted octanol–water partition coefficient (Wildman–Crippen LogP) is 1.81. The number of hydrogen-bond acceptors (Lipinski definition) is 4. The van der Waals surface area contributed by atoms with Gasteiger partial charge in [0.25, 0.3) is 21.7 Å². The second-order valence-electron chi connectivity index (χ2n) is 8.48. The van der Waals surface area contributed by atoms with Gasteiger partial charge in [-0.25, -0.2) is 0 Å². The first-order valence-corrected chi connectivity index (χ1v) is 12.3. The first kappa shape index (κ1) is 22.0. The quantitative estimate of drug-likeness (QED) is 0.717. The van der Waals surface area contributed by atoms with E-state index >= 15 is 0 Å². The molecule has 2 aromatic rings. The normalized spacial score (nSPS) is 19.3. The molecule has 1 aliphatic heterocycles.